The van der Waals surface area contributed by atoms with Gasteiger partial charge in [0.05, 0.1) is 5.71 Å². The van der Waals surface area contributed by atoms with Crippen molar-refractivity contribution in [2.24, 2.45) is 17.0 Å². The van der Waals surface area contributed by atoms with Crippen molar-refractivity contribution in [3.05, 3.63) is 179 Å². The summed E-state index contributed by atoms with van der Waals surface area (Å²) in [6, 6.07) is 53.6. The van der Waals surface area contributed by atoms with Gasteiger partial charge in [-0.05, 0) is 27.8 Å². The molecule has 2 N–H and O–H groups in total. The zero-order chi connectivity index (χ0) is 28.1. The molecule has 0 aliphatic carbocycles. The maximum Gasteiger partial charge on any atom is 0.142 e. The molecule has 0 amide bonds. The highest BCUT2D eigenvalue weighted by Gasteiger charge is 2.54. The van der Waals surface area contributed by atoms with E-state index in [1.165, 1.54) is 22.3 Å². The van der Waals surface area contributed by atoms with Crippen LogP contribution in [0.15, 0.2) is 157 Å². The minimum atomic E-state index is 0.0289. The minimum absolute atomic E-state index is 0.0289. The van der Waals surface area contributed by atoms with E-state index < -0.39 is 0 Å². The van der Waals surface area contributed by atoms with Crippen molar-refractivity contribution in [1.82, 2.24) is 10.6 Å². The van der Waals surface area contributed by atoms with Crippen LogP contribution in [0.5, 0.6) is 0 Å². The molecule has 42 heavy (non-hydrogen) atoms. The number of hydrogen-bond donors (Lipinski definition) is 2. The zero-order valence-electron chi connectivity index (χ0n) is 23.5. The Labute approximate surface area is 248 Å². The second kappa shape index (κ2) is 12.2. The smallest absolute Gasteiger partial charge is 0.142 e. The van der Waals surface area contributed by atoms with E-state index in [0.717, 1.165) is 11.3 Å². The number of rotatable bonds is 7. The molecule has 5 aromatic carbocycles. The molecule has 4 unspecified atom stereocenters. The van der Waals surface area contributed by atoms with E-state index in [4.69, 9.17) is 9.99 Å². The number of nitrogens with one attached hydrogen (secondary N) is 2. The van der Waals surface area contributed by atoms with Crippen LogP contribution < -0.4 is 10.6 Å². The van der Waals surface area contributed by atoms with E-state index in [9.17, 15) is 0 Å². The zero-order valence-corrected chi connectivity index (χ0v) is 23.5. The summed E-state index contributed by atoms with van der Waals surface area (Å²) in [6.45, 7) is 0.433. The van der Waals surface area contributed by atoms with E-state index in [0.29, 0.717) is 6.61 Å². The normalized spacial score (nSPS) is 25.0. The number of piperidine rings is 2. The highest BCUT2D eigenvalue weighted by molar-refractivity contribution is 5.93. The molecule has 0 aromatic heterocycles. The van der Waals surface area contributed by atoms with E-state index in [1.54, 1.807) is 0 Å². The lowest BCUT2D eigenvalue weighted by Gasteiger charge is -2.54. The molecule has 0 saturated carbocycles. The van der Waals surface area contributed by atoms with Gasteiger partial charge in [0, 0.05) is 36.0 Å². The van der Waals surface area contributed by atoms with Crippen LogP contribution in [0, 0.1) is 11.8 Å². The molecular weight excluding hydrogens is 514 g/mol. The van der Waals surface area contributed by atoms with Gasteiger partial charge >= 0.3 is 0 Å². The number of benzene rings is 5. The van der Waals surface area contributed by atoms with Crippen LogP contribution in [0.3, 0.4) is 0 Å². The van der Waals surface area contributed by atoms with Gasteiger partial charge in [-0.25, -0.2) is 0 Å². The van der Waals surface area contributed by atoms with Gasteiger partial charge < -0.3 is 15.5 Å². The lowest BCUT2D eigenvalue weighted by Crippen LogP contribution is -2.60. The van der Waals surface area contributed by atoms with Crippen LogP contribution in [0.4, 0.5) is 0 Å². The lowest BCUT2D eigenvalue weighted by atomic mass is 9.63. The molecule has 2 saturated heterocycles. The molecule has 2 bridgehead atoms. The van der Waals surface area contributed by atoms with Crippen molar-refractivity contribution in [1.29, 1.82) is 0 Å². The quantitative estimate of drug-likeness (QED) is 0.202. The van der Waals surface area contributed by atoms with Crippen molar-refractivity contribution in [2.75, 3.05) is 0 Å². The predicted octanol–water partition coefficient (Wildman–Crippen LogP) is 7.96. The molecule has 4 heteroatoms. The average Bonchev–Trinajstić information content (AvgIpc) is 3.07. The van der Waals surface area contributed by atoms with Gasteiger partial charge in [-0.3, -0.25) is 0 Å². The van der Waals surface area contributed by atoms with Gasteiger partial charge in [-0.15, -0.1) is 0 Å². The Bertz CT molecular complexity index is 1400. The Kier molecular flexibility index (Phi) is 7.64. The highest BCUT2D eigenvalue weighted by Crippen LogP contribution is 2.52. The summed E-state index contributed by atoms with van der Waals surface area (Å²) >= 11 is 0. The van der Waals surface area contributed by atoms with Crippen molar-refractivity contribution < 1.29 is 4.84 Å². The second-order valence-corrected chi connectivity index (χ2v) is 11.2. The predicted molar refractivity (Wildman–Crippen MR) is 169 cm³/mol. The highest BCUT2D eigenvalue weighted by atomic mass is 16.6. The molecule has 2 aliphatic rings. The van der Waals surface area contributed by atoms with Crippen molar-refractivity contribution in [3.63, 3.8) is 0 Å². The Morgan fingerprint density at radius 3 is 1.07 bits per heavy atom. The number of nitrogens with zero attached hydrogens (tertiary/aromatic N) is 1. The van der Waals surface area contributed by atoms with E-state index in [-0.39, 0.29) is 36.0 Å². The third-order valence-corrected chi connectivity index (χ3v) is 8.72. The lowest BCUT2D eigenvalue weighted by molar-refractivity contribution is 0.105. The van der Waals surface area contributed by atoms with Crippen LogP contribution >= 0.6 is 0 Å². The summed E-state index contributed by atoms with van der Waals surface area (Å²) in [4.78, 5) is 6.26. The summed E-state index contributed by atoms with van der Waals surface area (Å²) < 4.78 is 0. The van der Waals surface area contributed by atoms with Gasteiger partial charge in [-0.1, -0.05) is 157 Å². The molecule has 4 atom stereocenters. The molecular formula is C38H35N3O. The van der Waals surface area contributed by atoms with E-state index >= 15 is 0 Å². The fraction of sp³-hybridized carbons (Fsp3) is 0.184. The molecule has 7 rings (SSSR count). The maximum atomic E-state index is 6.26. The standard InChI is InChI=1S/C38H35N3O/c1-6-16-27(17-7-1)26-42-41-38-32-34(28-18-8-2-9-19-28)39-36(30-22-12-4-13-23-30)33(38)37(31-24-14-5-15-25-31)40-35(32)29-20-10-3-11-21-29/h1-25,32-37,39-40H,26H2. The van der Waals surface area contributed by atoms with Crippen LogP contribution in [-0.2, 0) is 11.4 Å². The first-order valence-corrected chi connectivity index (χ1v) is 14.8. The Hall–Kier alpha value is -4.51. The first-order valence-electron chi connectivity index (χ1n) is 14.8. The van der Waals surface area contributed by atoms with Gasteiger partial charge in [0.1, 0.15) is 6.61 Å². The van der Waals surface area contributed by atoms with Crippen LogP contribution in [-0.4, -0.2) is 5.71 Å². The summed E-state index contributed by atoms with van der Waals surface area (Å²) in [5, 5.41) is 13.4. The topological polar surface area (TPSA) is 45.6 Å². The SMILES string of the molecule is c1ccc(CON=C2C3C(c4ccccc4)NC(c4ccccc4)C2C(c2ccccc2)NC3c2ccccc2)cc1. The number of hydrogen-bond acceptors (Lipinski definition) is 4. The first-order chi connectivity index (χ1) is 20.9. The van der Waals surface area contributed by atoms with E-state index in [1.807, 2.05) is 18.2 Å². The van der Waals surface area contributed by atoms with Crippen LogP contribution in [0.2, 0.25) is 0 Å². The van der Waals surface area contributed by atoms with Gasteiger partial charge in [0.2, 0.25) is 0 Å². The van der Waals surface area contributed by atoms with Crippen LogP contribution in [0.25, 0.3) is 0 Å². The summed E-state index contributed by atoms with van der Waals surface area (Å²) in [6.07, 6.45) is 0. The second-order valence-electron chi connectivity index (χ2n) is 11.2. The number of fused-ring (bicyclic) bond motifs is 2. The summed E-state index contributed by atoms with van der Waals surface area (Å²) in [7, 11) is 0. The molecule has 5 aromatic rings. The Morgan fingerprint density at radius 1 is 0.429 bits per heavy atom. The van der Waals surface area contributed by atoms with Gasteiger partial charge in [0.25, 0.3) is 0 Å². The Morgan fingerprint density at radius 2 is 0.738 bits per heavy atom. The number of oxime groups is 1. The average molecular weight is 550 g/mol. The first kappa shape index (κ1) is 26.4. The minimum Gasteiger partial charge on any atom is -0.391 e. The third-order valence-electron chi connectivity index (χ3n) is 8.72. The third kappa shape index (κ3) is 5.27. The monoisotopic (exact) mass is 549 g/mol. The molecule has 4 nitrogen and oxygen atoms in total. The fourth-order valence-corrected chi connectivity index (χ4v) is 6.82. The summed E-state index contributed by atoms with van der Waals surface area (Å²) in [5.41, 5.74) is 7.21. The molecule has 0 radical (unpaired) electrons. The van der Waals surface area contributed by atoms with Gasteiger partial charge in [0.15, 0.2) is 0 Å². The van der Waals surface area contributed by atoms with Crippen LogP contribution in [0.1, 0.15) is 52.0 Å². The molecule has 2 heterocycles. The Balaban J connectivity index is 1.41. The van der Waals surface area contributed by atoms with Crippen molar-refractivity contribution in [3.8, 4) is 0 Å². The largest absolute Gasteiger partial charge is 0.391 e. The molecule has 2 aliphatic heterocycles. The van der Waals surface area contributed by atoms with E-state index in [2.05, 4.69) is 144 Å². The molecule has 0 spiro atoms. The molecule has 2 fully saturated rings. The summed E-state index contributed by atoms with van der Waals surface area (Å²) in [5.74, 6) is 0.0750. The maximum absolute atomic E-state index is 6.26. The van der Waals surface area contributed by atoms with Gasteiger partial charge in [-0.2, -0.15) is 0 Å². The van der Waals surface area contributed by atoms with Crippen molar-refractivity contribution >= 4 is 5.71 Å². The fourth-order valence-electron chi connectivity index (χ4n) is 6.82. The molecule has 208 valence electrons. The van der Waals surface area contributed by atoms with Crippen molar-refractivity contribution in [2.45, 2.75) is 30.8 Å².